The molecule has 1 aliphatic rings. The van der Waals surface area contributed by atoms with E-state index in [1.54, 1.807) is 25.7 Å². The summed E-state index contributed by atoms with van der Waals surface area (Å²) in [7, 11) is 2.17. The number of methoxy groups -OCH3 is 2. The summed E-state index contributed by atoms with van der Waals surface area (Å²) in [4.78, 5) is 37.7. The van der Waals surface area contributed by atoms with E-state index in [1.807, 2.05) is 0 Å². The fourth-order valence-corrected chi connectivity index (χ4v) is 2.86. The second-order valence-electron chi connectivity index (χ2n) is 7.21. The summed E-state index contributed by atoms with van der Waals surface area (Å²) in [6, 6.07) is -0.232. The molecule has 8 nitrogen and oxygen atoms in total. The van der Waals surface area contributed by atoms with Gasteiger partial charge in [0.05, 0.1) is 14.2 Å². The van der Waals surface area contributed by atoms with Gasteiger partial charge in [-0.05, 0) is 46.5 Å². The number of rotatable bonds is 5. The van der Waals surface area contributed by atoms with Gasteiger partial charge >= 0.3 is 18.0 Å². The van der Waals surface area contributed by atoms with E-state index in [4.69, 9.17) is 4.74 Å². The van der Waals surface area contributed by atoms with Gasteiger partial charge in [0.2, 0.25) is 0 Å². The molecule has 0 aromatic carbocycles. The van der Waals surface area contributed by atoms with E-state index in [1.165, 1.54) is 0 Å². The van der Waals surface area contributed by atoms with Crippen LogP contribution in [0.5, 0.6) is 0 Å². The molecule has 1 atom stereocenters. The number of amides is 1. The summed E-state index contributed by atoms with van der Waals surface area (Å²) in [6.07, 6.45) is 2.10. The molecular formula is C17H29NO7. The van der Waals surface area contributed by atoms with Gasteiger partial charge in [-0.15, -0.1) is 0 Å². The van der Waals surface area contributed by atoms with Crippen molar-refractivity contribution >= 4 is 18.0 Å². The Morgan fingerprint density at radius 2 is 1.64 bits per heavy atom. The Balaban J connectivity index is 2.84. The van der Waals surface area contributed by atoms with Crippen LogP contribution in [0, 0.1) is 0 Å². The van der Waals surface area contributed by atoms with Crippen molar-refractivity contribution < 1.29 is 33.7 Å². The number of ether oxygens (including phenoxy) is 3. The van der Waals surface area contributed by atoms with Crippen molar-refractivity contribution in [2.75, 3.05) is 20.8 Å². The smallest absolute Gasteiger partial charge is 0.410 e. The predicted octanol–water partition coefficient (Wildman–Crippen LogP) is 1.63. The monoisotopic (exact) mass is 359 g/mol. The molecule has 144 valence electrons. The van der Waals surface area contributed by atoms with Gasteiger partial charge in [0.15, 0.2) is 0 Å². The Bertz CT molecular complexity index is 482. The minimum atomic E-state index is -2.37. The third-order valence-corrected chi connectivity index (χ3v) is 4.14. The quantitative estimate of drug-likeness (QED) is 0.452. The van der Waals surface area contributed by atoms with E-state index in [2.05, 4.69) is 9.47 Å². The van der Waals surface area contributed by atoms with E-state index < -0.39 is 29.2 Å². The highest BCUT2D eigenvalue weighted by atomic mass is 16.6. The van der Waals surface area contributed by atoms with Gasteiger partial charge in [0.1, 0.15) is 5.60 Å². The number of carbonyl (C=O) groups is 3. The zero-order valence-electron chi connectivity index (χ0n) is 15.7. The van der Waals surface area contributed by atoms with Crippen LogP contribution in [-0.2, 0) is 23.8 Å². The molecule has 0 spiro atoms. The van der Waals surface area contributed by atoms with Gasteiger partial charge in [0.25, 0.3) is 5.60 Å². The third-order valence-electron chi connectivity index (χ3n) is 4.14. The Hall–Kier alpha value is -1.83. The molecule has 1 N–H and O–H groups in total. The molecule has 0 bridgehead atoms. The molecule has 1 aliphatic heterocycles. The van der Waals surface area contributed by atoms with E-state index >= 15 is 0 Å². The summed E-state index contributed by atoms with van der Waals surface area (Å²) < 4.78 is 14.5. The van der Waals surface area contributed by atoms with Gasteiger partial charge in [-0.2, -0.15) is 0 Å². The summed E-state index contributed by atoms with van der Waals surface area (Å²) >= 11 is 0. The first-order chi connectivity index (χ1) is 11.5. The molecule has 1 saturated heterocycles. The van der Waals surface area contributed by atoms with E-state index in [-0.39, 0.29) is 18.9 Å². The van der Waals surface area contributed by atoms with E-state index in [0.717, 1.165) is 27.1 Å². The number of hydrogen-bond acceptors (Lipinski definition) is 7. The van der Waals surface area contributed by atoms with Crippen LogP contribution in [-0.4, -0.2) is 66.0 Å². The lowest BCUT2D eigenvalue weighted by molar-refractivity contribution is -0.181. The molecule has 0 aromatic heterocycles. The molecule has 0 unspecified atom stereocenters. The van der Waals surface area contributed by atoms with Gasteiger partial charge in [-0.25, -0.2) is 14.4 Å². The maximum absolute atomic E-state index is 12.4. The zero-order chi connectivity index (χ0) is 19.3. The Morgan fingerprint density at radius 1 is 1.08 bits per heavy atom. The summed E-state index contributed by atoms with van der Waals surface area (Å²) in [6.45, 7) is 5.90. The standard InChI is InChI=1S/C17H29NO7/c1-16(2,3)25-15(21)18-11-7-6-8-12(18)9-10-17(22,13(19)23-4)14(20)24-5/h12,22H,6-11H2,1-5H3/t12-/m0/s1. The molecule has 1 rings (SSSR count). The molecule has 0 radical (unpaired) electrons. The second kappa shape index (κ2) is 8.51. The van der Waals surface area contributed by atoms with Crippen LogP contribution >= 0.6 is 0 Å². The largest absolute Gasteiger partial charge is 0.466 e. The van der Waals surface area contributed by atoms with Gasteiger partial charge in [0, 0.05) is 19.0 Å². The second-order valence-corrected chi connectivity index (χ2v) is 7.21. The summed E-state index contributed by atoms with van der Waals surface area (Å²) in [5.41, 5.74) is -2.99. The molecule has 1 amide bonds. The number of nitrogens with zero attached hydrogens (tertiary/aromatic N) is 1. The fraction of sp³-hybridized carbons (Fsp3) is 0.824. The average Bonchev–Trinajstić information content (AvgIpc) is 2.56. The topological polar surface area (TPSA) is 102 Å². The Labute approximate surface area is 148 Å². The predicted molar refractivity (Wildman–Crippen MR) is 88.8 cm³/mol. The van der Waals surface area contributed by atoms with E-state index in [9.17, 15) is 19.5 Å². The first-order valence-electron chi connectivity index (χ1n) is 8.44. The Morgan fingerprint density at radius 3 is 2.12 bits per heavy atom. The number of piperidine rings is 1. The zero-order valence-corrected chi connectivity index (χ0v) is 15.7. The highest BCUT2D eigenvalue weighted by Gasteiger charge is 2.47. The first-order valence-corrected chi connectivity index (χ1v) is 8.44. The van der Waals surface area contributed by atoms with Gasteiger partial charge in [-0.3, -0.25) is 0 Å². The van der Waals surface area contributed by atoms with Crippen LogP contribution in [0.15, 0.2) is 0 Å². The van der Waals surface area contributed by atoms with Crippen LogP contribution in [0.1, 0.15) is 52.9 Å². The van der Waals surface area contributed by atoms with Crippen LogP contribution < -0.4 is 0 Å². The van der Waals surface area contributed by atoms with Gasteiger partial charge in [-0.1, -0.05) is 0 Å². The maximum atomic E-state index is 12.4. The van der Waals surface area contributed by atoms with Crippen LogP contribution in [0.3, 0.4) is 0 Å². The number of esters is 2. The van der Waals surface area contributed by atoms with Crippen LogP contribution in [0.25, 0.3) is 0 Å². The maximum Gasteiger partial charge on any atom is 0.410 e. The molecule has 25 heavy (non-hydrogen) atoms. The van der Waals surface area contributed by atoms with Crippen molar-refractivity contribution in [2.24, 2.45) is 0 Å². The lowest BCUT2D eigenvalue weighted by Gasteiger charge is -2.37. The fourth-order valence-electron chi connectivity index (χ4n) is 2.86. The number of carbonyl (C=O) groups excluding carboxylic acids is 3. The lowest BCUT2D eigenvalue weighted by atomic mass is 9.91. The molecule has 1 fully saturated rings. The van der Waals surface area contributed by atoms with Crippen molar-refractivity contribution in [3.05, 3.63) is 0 Å². The molecular weight excluding hydrogens is 330 g/mol. The summed E-state index contributed by atoms with van der Waals surface area (Å²) in [5, 5.41) is 10.4. The Kier molecular flexibility index (Phi) is 7.22. The first kappa shape index (κ1) is 21.2. The van der Waals surface area contributed by atoms with Crippen LogP contribution in [0.4, 0.5) is 4.79 Å². The van der Waals surface area contributed by atoms with Crippen LogP contribution in [0.2, 0.25) is 0 Å². The number of likely N-dealkylation sites (tertiary alicyclic amines) is 1. The molecule has 0 saturated carbocycles. The number of aliphatic hydroxyl groups is 1. The van der Waals surface area contributed by atoms with Crippen molar-refractivity contribution in [2.45, 2.75) is 70.1 Å². The highest BCUT2D eigenvalue weighted by Crippen LogP contribution is 2.27. The summed E-state index contributed by atoms with van der Waals surface area (Å²) in [5.74, 6) is -2.14. The molecule has 0 aliphatic carbocycles. The normalized spacial score (nSPS) is 18.5. The minimum Gasteiger partial charge on any atom is -0.466 e. The molecule has 8 heteroatoms. The van der Waals surface area contributed by atoms with Crippen molar-refractivity contribution in [3.8, 4) is 0 Å². The van der Waals surface area contributed by atoms with Gasteiger partial charge < -0.3 is 24.2 Å². The highest BCUT2D eigenvalue weighted by molar-refractivity contribution is 6.03. The third kappa shape index (κ3) is 5.59. The average molecular weight is 359 g/mol. The van der Waals surface area contributed by atoms with Crippen molar-refractivity contribution in [1.29, 1.82) is 0 Å². The minimum absolute atomic E-state index is 0.198. The van der Waals surface area contributed by atoms with Crippen molar-refractivity contribution in [1.82, 2.24) is 4.90 Å². The SMILES string of the molecule is COC(=O)C(O)(CC[C@@H]1CCCCN1C(=O)OC(C)(C)C)C(=O)OC. The number of hydrogen-bond donors (Lipinski definition) is 1. The van der Waals surface area contributed by atoms with E-state index in [0.29, 0.717) is 13.0 Å². The van der Waals surface area contributed by atoms with Crippen molar-refractivity contribution in [3.63, 3.8) is 0 Å². The molecule has 1 heterocycles. The molecule has 0 aromatic rings. The lowest BCUT2D eigenvalue weighted by Crippen LogP contribution is -2.51.